The number of anilines is 1. The zero-order valence-electron chi connectivity index (χ0n) is 9.87. The van der Waals surface area contributed by atoms with E-state index in [0.29, 0.717) is 5.69 Å². The van der Waals surface area contributed by atoms with Crippen LogP contribution in [0.5, 0.6) is 0 Å². The smallest absolute Gasteiger partial charge is 0.335 e. The van der Waals surface area contributed by atoms with Gasteiger partial charge in [0.25, 0.3) is 0 Å². The van der Waals surface area contributed by atoms with E-state index in [9.17, 15) is 9.59 Å². The normalized spacial score (nSPS) is 11.1. The first-order valence-corrected chi connectivity index (χ1v) is 5.43. The molecule has 1 aromatic rings. The molecule has 0 fully saturated rings. The molecule has 1 rings (SSSR count). The molecule has 0 unspecified atom stereocenters. The van der Waals surface area contributed by atoms with Crippen LogP contribution in [0.4, 0.5) is 5.69 Å². The number of benzene rings is 1. The van der Waals surface area contributed by atoms with Gasteiger partial charge in [0, 0.05) is 16.1 Å². The fourth-order valence-electron chi connectivity index (χ4n) is 1.10. The van der Waals surface area contributed by atoms with E-state index in [2.05, 4.69) is 5.32 Å². The molecule has 17 heavy (non-hydrogen) atoms. The number of halogens is 1. The maximum Gasteiger partial charge on any atom is 0.335 e. The van der Waals surface area contributed by atoms with Gasteiger partial charge in [0.05, 0.1) is 5.56 Å². The second-order valence-corrected chi connectivity index (χ2v) is 5.17. The van der Waals surface area contributed by atoms with Gasteiger partial charge in [-0.2, -0.15) is 0 Å². The molecule has 0 saturated heterocycles. The van der Waals surface area contributed by atoms with E-state index in [4.69, 9.17) is 16.7 Å². The first-order valence-electron chi connectivity index (χ1n) is 5.05. The van der Waals surface area contributed by atoms with Crippen molar-refractivity contribution in [2.45, 2.75) is 20.8 Å². The van der Waals surface area contributed by atoms with Crippen LogP contribution < -0.4 is 5.32 Å². The molecule has 0 bridgehead atoms. The number of carboxylic acid groups (broad SMARTS) is 1. The molecule has 1 aromatic carbocycles. The molecule has 2 N–H and O–H groups in total. The fourth-order valence-corrected chi connectivity index (χ4v) is 1.34. The van der Waals surface area contributed by atoms with Gasteiger partial charge in [0.2, 0.25) is 5.91 Å². The van der Waals surface area contributed by atoms with Crippen molar-refractivity contribution >= 4 is 29.2 Å². The maximum atomic E-state index is 11.7. The molecule has 0 saturated carbocycles. The Labute approximate surface area is 105 Å². The van der Waals surface area contributed by atoms with Crippen LogP contribution in [0.2, 0.25) is 5.02 Å². The highest BCUT2D eigenvalue weighted by molar-refractivity contribution is 6.31. The lowest BCUT2D eigenvalue weighted by Crippen LogP contribution is -2.27. The Morgan fingerprint density at radius 1 is 1.24 bits per heavy atom. The van der Waals surface area contributed by atoms with E-state index in [1.165, 1.54) is 18.2 Å². The van der Waals surface area contributed by atoms with Crippen LogP contribution in [0.25, 0.3) is 0 Å². The average molecular weight is 256 g/mol. The van der Waals surface area contributed by atoms with Gasteiger partial charge in [-0.05, 0) is 18.2 Å². The maximum absolute atomic E-state index is 11.7. The fraction of sp³-hybridized carbons (Fsp3) is 0.333. The molecular weight excluding hydrogens is 242 g/mol. The van der Waals surface area contributed by atoms with E-state index in [1.54, 1.807) is 20.8 Å². The Kier molecular flexibility index (Phi) is 3.78. The van der Waals surface area contributed by atoms with Crippen LogP contribution in [0.3, 0.4) is 0 Å². The lowest BCUT2D eigenvalue weighted by Gasteiger charge is -2.18. The first-order chi connectivity index (χ1) is 7.70. The third-order valence-electron chi connectivity index (χ3n) is 2.08. The third-order valence-corrected chi connectivity index (χ3v) is 2.30. The van der Waals surface area contributed by atoms with Gasteiger partial charge in [-0.3, -0.25) is 4.79 Å². The number of hydrogen-bond donors (Lipinski definition) is 2. The second kappa shape index (κ2) is 4.75. The summed E-state index contributed by atoms with van der Waals surface area (Å²) in [5.74, 6) is -1.28. The van der Waals surface area contributed by atoms with E-state index in [0.717, 1.165) is 0 Å². The highest BCUT2D eigenvalue weighted by Crippen LogP contribution is 2.22. The molecular formula is C12H14ClNO3. The van der Waals surface area contributed by atoms with Gasteiger partial charge in [-0.25, -0.2) is 4.79 Å². The molecule has 0 spiro atoms. The van der Waals surface area contributed by atoms with E-state index in [-0.39, 0.29) is 16.5 Å². The average Bonchev–Trinajstić information content (AvgIpc) is 2.14. The lowest BCUT2D eigenvalue weighted by atomic mass is 9.95. The number of amides is 1. The third kappa shape index (κ3) is 3.75. The standard InChI is InChI=1S/C12H14ClNO3/c1-12(2,3)11(17)14-9-5-7(10(15)16)4-8(13)6-9/h4-6H,1-3H3,(H,14,17)(H,15,16). The minimum atomic E-state index is -1.08. The summed E-state index contributed by atoms with van der Waals surface area (Å²) in [5.41, 5.74) is -0.123. The van der Waals surface area contributed by atoms with Gasteiger partial charge >= 0.3 is 5.97 Å². The molecule has 1 amide bonds. The minimum absolute atomic E-state index is 0.0432. The Morgan fingerprint density at radius 3 is 2.29 bits per heavy atom. The zero-order chi connectivity index (χ0) is 13.2. The van der Waals surface area contributed by atoms with Crippen molar-refractivity contribution in [1.29, 1.82) is 0 Å². The van der Waals surface area contributed by atoms with Gasteiger partial charge in [-0.1, -0.05) is 32.4 Å². The minimum Gasteiger partial charge on any atom is -0.478 e. The molecule has 0 aromatic heterocycles. The van der Waals surface area contributed by atoms with Crippen LogP contribution in [-0.4, -0.2) is 17.0 Å². The predicted molar refractivity (Wildman–Crippen MR) is 66.5 cm³/mol. The van der Waals surface area contributed by atoms with Crippen LogP contribution in [0.1, 0.15) is 31.1 Å². The Hall–Kier alpha value is -1.55. The summed E-state index contributed by atoms with van der Waals surface area (Å²) in [4.78, 5) is 22.5. The number of aromatic carboxylic acids is 1. The molecule has 92 valence electrons. The number of rotatable bonds is 2. The SMILES string of the molecule is CC(C)(C)C(=O)Nc1cc(Cl)cc(C(=O)O)c1. The van der Waals surface area contributed by atoms with Crippen molar-refractivity contribution in [1.82, 2.24) is 0 Å². The number of carbonyl (C=O) groups is 2. The second-order valence-electron chi connectivity index (χ2n) is 4.74. The number of carbonyl (C=O) groups excluding carboxylic acids is 1. The molecule has 0 aliphatic heterocycles. The van der Waals surface area contributed by atoms with E-state index >= 15 is 0 Å². The Morgan fingerprint density at radius 2 is 1.82 bits per heavy atom. The Balaban J connectivity index is 3.00. The predicted octanol–water partition coefficient (Wildman–Crippen LogP) is 3.02. The van der Waals surface area contributed by atoms with Gasteiger partial charge in [0.1, 0.15) is 0 Å². The summed E-state index contributed by atoms with van der Waals surface area (Å²) in [6, 6.07) is 4.21. The first kappa shape index (κ1) is 13.5. The number of hydrogen-bond acceptors (Lipinski definition) is 2. The van der Waals surface area contributed by atoms with Crippen molar-refractivity contribution in [3.8, 4) is 0 Å². The van der Waals surface area contributed by atoms with Crippen molar-refractivity contribution in [3.05, 3.63) is 28.8 Å². The van der Waals surface area contributed by atoms with E-state index < -0.39 is 11.4 Å². The lowest BCUT2D eigenvalue weighted by molar-refractivity contribution is -0.123. The molecule has 4 nitrogen and oxygen atoms in total. The quantitative estimate of drug-likeness (QED) is 0.854. The van der Waals surface area contributed by atoms with Crippen molar-refractivity contribution < 1.29 is 14.7 Å². The highest BCUT2D eigenvalue weighted by Gasteiger charge is 2.21. The largest absolute Gasteiger partial charge is 0.478 e. The van der Waals surface area contributed by atoms with Gasteiger partial charge in [-0.15, -0.1) is 0 Å². The van der Waals surface area contributed by atoms with Gasteiger partial charge in [0.15, 0.2) is 0 Å². The monoisotopic (exact) mass is 255 g/mol. The summed E-state index contributed by atoms with van der Waals surface area (Å²) >= 11 is 5.78. The van der Waals surface area contributed by atoms with Crippen LogP contribution >= 0.6 is 11.6 Å². The van der Waals surface area contributed by atoms with Crippen molar-refractivity contribution in [2.24, 2.45) is 5.41 Å². The van der Waals surface area contributed by atoms with Crippen molar-refractivity contribution in [3.63, 3.8) is 0 Å². The van der Waals surface area contributed by atoms with Crippen LogP contribution in [-0.2, 0) is 4.79 Å². The van der Waals surface area contributed by atoms with E-state index in [1.807, 2.05) is 0 Å². The zero-order valence-corrected chi connectivity index (χ0v) is 10.6. The molecule has 0 heterocycles. The summed E-state index contributed by atoms with van der Waals surface area (Å²) < 4.78 is 0. The summed E-state index contributed by atoms with van der Waals surface area (Å²) in [6.45, 7) is 5.31. The van der Waals surface area contributed by atoms with Crippen LogP contribution in [0.15, 0.2) is 18.2 Å². The molecule has 5 heteroatoms. The topological polar surface area (TPSA) is 66.4 Å². The van der Waals surface area contributed by atoms with Gasteiger partial charge < -0.3 is 10.4 Å². The molecule has 0 aliphatic carbocycles. The van der Waals surface area contributed by atoms with Crippen molar-refractivity contribution in [2.75, 3.05) is 5.32 Å². The van der Waals surface area contributed by atoms with Crippen LogP contribution in [0, 0.1) is 5.41 Å². The molecule has 0 radical (unpaired) electrons. The Bertz CT molecular complexity index is 463. The summed E-state index contributed by atoms with van der Waals surface area (Å²) in [6.07, 6.45) is 0. The summed E-state index contributed by atoms with van der Waals surface area (Å²) in [5, 5.41) is 11.8. The highest BCUT2D eigenvalue weighted by atomic mass is 35.5. The summed E-state index contributed by atoms with van der Waals surface area (Å²) in [7, 11) is 0. The molecule has 0 aliphatic rings. The number of carboxylic acids is 1. The molecule has 0 atom stereocenters. The number of nitrogens with one attached hydrogen (secondary N) is 1.